The van der Waals surface area contributed by atoms with Crippen LogP contribution in [0.4, 0.5) is 0 Å². The second kappa shape index (κ2) is 7.40. The van der Waals surface area contributed by atoms with E-state index in [-0.39, 0.29) is 23.3 Å². The second-order valence-corrected chi connectivity index (χ2v) is 7.15. The Kier molecular flexibility index (Phi) is 6.36. The van der Waals surface area contributed by atoms with Crippen LogP contribution < -0.4 is 15.8 Å². The average molecular weight is 352 g/mol. The van der Waals surface area contributed by atoms with Crippen molar-refractivity contribution in [3.05, 3.63) is 12.4 Å². The van der Waals surface area contributed by atoms with Crippen LogP contribution in [0, 0.1) is 5.92 Å². The van der Waals surface area contributed by atoms with Crippen LogP contribution in [0.1, 0.15) is 19.8 Å². The highest BCUT2D eigenvalue weighted by Crippen LogP contribution is 2.31. The standard InChI is InChI=1S/C12H21N5O3S.ClH/c1-8(12(18)14-6-11(13)9-3-4-9)16-21(19,20)10-5-15-17(2)7-10;/h5,7-9,11,16H,3-4,6,13H2,1-2H3,(H,14,18);1H. The summed E-state index contributed by atoms with van der Waals surface area (Å²) in [6.45, 7) is 1.86. The molecule has 2 rings (SSSR count). The summed E-state index contributed by atoms with van der Waals surface area (Å²) in [5, 5.41) is 6.47. The van der Waals surface area contributed by atoms with E-state index in [0.29, 0.717) is 12.5 Å². The number of aryl methyl sites for hydroxylation is 1. The molecule has 1 aliphatic rings. The van der Waals surface area contributed by atoms with Crippen molar-refractivity contribution in [1.82, 2.24) is 19.8 Å². The molecular weight excluding hydrogens is 330 g/mol. The van der Waals surface area contributed by atoms with E-state index in [4.69, 9.17) is 5.73 Å². The molecule has 1 aromatic heterocycles. The van der Waals surface area contributed by atoms with E-state index in [0.717, 1.165) is 12.8 Å². The fraction of sp³-hybridized carbons (Fsp3) is 0.667. The quantitative estimate of drug-likeness (QED) is 0.603. The molecular formula is C12H22ClN5O3S. The summed E-state index contributed by atoms with van der Waals surface area (Å²) < 4.78 is 27.8. The highest BCUT2D eigenvalue weighted by molar-refractivity contribution is 7.89. The Morgan fingerprint density at radius 1 is 1.55 bits per heavy atom. The van der Waals surface area contributed by atoms with E-state index in [1.807, 2.05) is 0 Å². The lowest BCUT2D eigenvalue weighted by atomic mass is 10.2. The third-order valence-electron chi connectivity index (χ3n) is 3.46. The first-order valence-corrected chi connectivity index (χ1v) is 8.32. The Labute approximate surface area is 136 Å². The summed E-state index contributed by atoms with van der Waals surface area (Å²) in [6, 6.07) is -0.933. The number of halogens is 1. The molecule has 0 bridgehead atoms. The van der Waals surface area contributed by atoms with Gasteiger partial charge in [0.1, 0.15) is 4.90 Å². The summed E-state index contributed by atoms with van der Waals surface area (Å²) in [5.74, 6) is 0.0891. The number of carbonyl (C=O) groups is 1. The zero-order valence-electron chi connectivity index (χ0n) is 12.5. The summed E-state index contributed by atoms with van der Waals surface area (Å²) in [4.78, 5) is 11.9. The second-order valence-electron chi connectivity index (χ2n) is 5.44. The van der Waals surface area contributed by atoms with Gasteiger partial charge in [0.2, 0.25) is 15.9 Å². The van der Waals surface area contributed by atoms with Crippen molar-refractivity contribution in [1.29, 1.82) is 0 Å². The Bertz CT molecular complexity index is 614. The van der Waals surface area contributed by atoms with Gasteiger partial charge in [-0.2, -0.15) is 9.82 Å². The molecule has 1 fully saturated rings. The Hall–Kier alpha value is -1.16. The van der Waals surface area contributed by atoms with Gasteiger partial charge in [-0.05, 0) is 25.7 Å². The molecule has 22 heavy (non-hydrogen) atoms. The smallest absolute Gasteiger partial charge is 0.244 e. The first-order valence-electron chi connectivity index (χ1n) is 6.84. The largest absolute Gasteiger partial charge is 0.353 e. The number of nitrogens with zero attached hydrogens (tertiary/aromatic N) is 2. The first kappa shape index (κ1) is 18.9. The van der Waals surface area contributed by atoms with E-state index in [2.05, 4.69) is 15.1 Å². The molecule has 0 aliphatic heterocycles. The molecule has 4 N–H and O–H groups in total. The van der Waals surface area contributed by atoms with Crippen LogP contribution in [0.3, 0.4) is 0 Å². The molecule has 1 aliphatic carbocycles. The summed E-state index contributed by atoms with van der Waals surface area (Å²) in [5.41, 5.74) is 5.88. The van der Waals surface area contributed by atoms with Gasteiger partial charge in [0.15, 0.2) is 0 Å². The number of carbonyl (C=O) groups excluding carboxylic acids is 1. The molecule has 2 unspecified atom stereocenters. The van der Waals surface area contributed by atoms with Crippen LogP contribution in [0.25, 0.3) is 0 Å². The normalized spacial score (nSPS) is 17.4. The molecule has 10 heteroatoms. The number of nitrogens with one attached hydrogen (secondary N) is 2. The number of rotatable bonds is 7. The van der Waals surface area contributed by atoms with Gasteiger partial charge in [-0.25, -0.2) is 8.42 Å². The van der Waals surface area contributed by atoms with Crippen LogP contribution >= 0.6 is 12.4 Å². The van der Waals surface area contributed by atoms with Gasteiger partial charge >= 0.3 is 0 Å². The lowest BCUT2D eigenvalue weighted by Crippen LogP contribution is -2.48. The molecule has 0 saturated heterocycles. The minimum Gasteiger partial charge on any atom is -0.353 e. The zero-order chi connectivity index (χ0) is 15.6. The van der Waals surface area contributed by atoms with E-state index < -0.39 is 22.0 Å². The van der Waals surface area contributed by atoms with Gasteiger partial charge in [0.05, 0.1) is 12.2 Å². The number of amides is 1. The monoisotopic (exact) mass is 351 g/mol. The molecule has 1 saturated carbocycles. The Balaban J connectivity index is 0.00000242. The summed E-state index contributed by atoms with van der Waals surface area (Å²) >= 11 is 0. The van der Waals surface area contributed by atoms with Crippen molar-refractivity contribution < 1.29 is 13.2 Å². The van der Waals surface area contributed by atoms with Crippen LogP contribution in [-0.4, -0.2) is 42.7 Å². The van der Waals surface area contributed by atoms with Crippen molar-refractivity contribution in [2.45, 2.75) is 36.7 Å². The molecule has 2 atom stereocenters. The first-order chi connectivity index (χ1) is 9.79. The fourth-order valence-electron chi connectivity index (χ4n) is 1.95. The van der Waals surface area contributed by atoms with Crippen molar-refractivity contribution in [2.24, 2.45) is 18.7 Å². The molecule has 8 nitrogen and oxygen atoms in total. The molecule has 126 valence electrons. The van der Waals surface area contributed by atoms with Gasteiger partial charge in [-0.1, -0.05) is 0 Å². The summed E-state index contributed by atoms with van der Waals surface area (Å²) in [6.07, 6.45) is 4.80. The van der Waals surface area contributed by atoms with E-state index in [1.165, 1.54) is 24.0 Å². The predicted molar refractivity (Wildman–Crippen MR) is 83.9 cm³/mol. The topological polar surface area (TPSA) is 119 Å². The Morgan fingerprint density at radius 2 is 2.18 bits per heavy atom. The van der Waals surface area contributed by atoms with E-state index in [9.17, 15) is 13.2 Å². The van der Waals surface area contributed by atoms with Gasteiger partial charge < -0.3 is 11.1 Å². The molecule has 0 aromatic carbocycles. The lowest BCUT2D eigenvalue weighted by molar-refractivity contribution is -0.122. The SMILES string of the molecule is CC(NS(=O)(=O)c1cnn(C)c1)C(=O)NCC(N)C1CC1.Cl. The maximum atomic E-state index is 12.0. The van der Waals surface area contributed by atoms with E-state index in [1.54, 1.807) is 7.05 Å². The Morgan fingerprint density at radius 3 is 2.68 bits per heavy atom. The minimum atomic E-state index is -3.75. The number of hydrogen-bond acceptors (Lipinski definition) is 5. The average Bonchev–Trinajstić information content (AvgIpc) is 3.16. The molecule has 0 spiro atoms. The molecule has 1 amide bonds. The van der Waals surface area contributed by atoms with Gasteiger partial charge in [0, 0.05) is 25.8 Å². The molecule has 0 radical (unpaired) electrons. The highest BCUT2D eigenvalue weighted by atomic mass is 35.5. The highest BCUT2D eigenvalue weighted by Gasteiger charge is 2.29. The molecule has 1 heterocycles. The van der Waals surface area contributed by atoms with Gasteiger partial charge in [-0.3, -0.25) is 9.48 Å². The van der Waals surface area contributed by atoms with Crippen molar-refractivity contribution >= 4 is 28.3 Å². The number of aromatic nitrogens is 2. The number of nitrogens with two attached hydrogens (primary N) is 1. The van der Waals surface area contributed by atoms with Gasteiger partial charge in [0.25, 0.3) is 0 Å². The van der Waals surface area contributed by atoms with Crippen molar-refractivity contribution in [3.63, 3.8) is 0 Å². The van der Waals surface area contributed by atoms with Crippen molar-refractivity contribution in [2.75, 3.05) is 6.54 Å². The third-order valence-corrected chi connectivity index (χ3v) is 4.95. The third kappa shape index (κ3) is 4.94. The van der Waals surface area contributed by atoms with Crippen LogP contribution in [0.5, 0.6) is 0 Å². The maximum Gasteiger partial charge on any atom is 0.244 e. The van der Waals surface area contributed by atoms with Crippen LogP contribution in [0.2, 0.25) is 0 Å². The van der Waals surface area contributed by atoms with Crippen LogP contribution in [0.15, 0.2) is 17.3 Å². The summed E-state index contributed by atoms with van der Waals surface area (Å²) in [7, 11) is -2.13. The van der Waals surface area contributed by atoms with Gasteiger partial charge in [-0.15, -0.1) is 12.4 Å². The maximum absolute atomic E-state index is 12.0. The van der Waals surface area contributed by atoms with E-state index >= 15 is 0 Å². The predicted octanol–water partition coefficient (Wildman–Crippen LogP) is -0.638. The molecule has 1 aromatic rings. The lowest BCUT2D eigenvalue weighted by Gasteiger charge is -2.16. The minimum absolute atomic E-state index is 0. The van der Waals surface area contributed by atoms with Crippen molar-refractivity contribution in [3.8, 4) is 0 Å². The fourth-order valence-corrected chi connectivity index (χ4v) is 3.14. The van der Waals surface area contributed by atoms with Crippen LogP contribution in [-0.2, 0) is 21.9 Å². The zero-order valence-corrected chi connectivity index (χ0v) is 14.2. The number of hydrogen-bond donors (Lipinski definition) is 3. The number of sulfonamides is 1.